The predicted octanol–water partition coefficient (Wildman–Crippen LogP) is 16.2. The first-order valence-corrected chi connectivity index (χ1v) is 26.0. The summed E-state index contributed by atoms with van der Waals surface area (Å²) < 4.78 is 10.1. The molecule has 0 fully saturated rings. The van der Waals surface area contributed by atoms with Gasteiger partial charge in [0.25, 0.3) is 0 Å². The maximum atomic E-state index is 7.42. The quantitative estimate of drug-likeness (QED) is 0.153. The lowest BCUT2D eigenvalue weighted by atomic mass is 9.43. The van der Waals surface area contributed by atoms with Crippen molar-refractivity contribution in [2.45, 2.75) is 148 Å². The summed E-state index contributed by atoms with van der Waals surface area (Å²) in [5.41, 5.74) is 26.6. The Morgan fingerprint density at radius 3 is 1.81 bits per heavy atom. The topological polar surface area (TPSA) is 21.3 Å². The van der Waals surface area contributed by atoms with Crippen LogP contribution in [0, 0.1) is 0 Å². The molecule has 2 aliphatic heterocycles. The van der Waals surface area contributed by atoms with Crippen LogP contribution in [0.25, 0.3) is 71.7 Å². The van der Waals surface area contributed by atoms with Crippen molar-refractivity contribution in [1.82, 2.24) is 4.57 Å². The van der Waals surface area contributed by atoms with E-state index in [1.54, 1.807) is 0 Å². The van der Waals surface area contributed by atoms with Gasteiger partial charge in [-0.2, -0.15) is 0 Å². The van der Waals surface area contributed by atoms with E-state index in [0.29, 0.717) is 0 Å². The van der Waals surface area contributed by atoms with Crippen molar-refractivity contribution >= 4 is 72.9 Å². The molecule has 0 saturated heterocycles. The summed E-state index contributed by atoms with van der Waals surface area (Å²) in [4.78, 5) is 2.79. The molecule has 14 rings (SSSR count). The van der Waals surface area contributed by atoms with Crippen LogP contribution in [0.1, 0.15) is 155 Å². The Labute approximate surface area is 409 Å². The number of furan rings is 1. The molecule has 5 aliphatic rings. The molecule has 0 saturated carbocycles. The lowest BCUT2D eigenvalue weighted by molar-refractivity contribution is 0.332. The van der Waals surface area contributed by atoms with Gasteiger partial charge in [0.15, 0.2) is 0 Å². The van der Waals surface area contributed by atoms with E-state index < -0.39 is 0 Å². The molecule has 4 heterocycles. The Bertz CT molecular complexity index is 3800. The fourth-order valence-corrected chi connectivity index (χ4v) is 14.5. The van der Waals surface area contributed by atoms with E-state index in [2.05, 4.69) is 209 Å². The minimum Gasteiger partial charge on any atom is -0.455 e. The zero-order valence-electron chi connectivity index (χ0n) is 43.1. The Hall–Kier alpha value is -6.00. The van der Waals surface area contributed by atoms with Gasteiger partial charge in [0.1, 0.15) is 11.2 Å². The average Bonchev–Trinajstić information content (AvgIpc) is 3.93. The first-order chi connectivity index (χ1) is 32.6. The van der Waals surface area contributed by atoms with Gasteiger partial charge in [-0.1, -0.05) is 151 Å². The number of anilines is 2. The van der Waals surface area contributed by atoms with Gasteiger partial charge < -0.3 is 13.8 Å². The van der Waals surface area contributed by atoms with E-state index in [0.717, 1.165) is 36.8 Å². The number of fused-ring (bicyclic) bond motifs is 18. The smallest absolute Gasteiger partial charge is 0.333 e. The van der Waals surface area contributed by atoms with Gasteiger partial charge in [-0.3, -0.25) is 0 Å². The van der Waals surface area contributed by atoms with Gasteiger partial charge >= 0.3 is 6.85 Å². The van der Waals surface area contributed by atoms with Crippen LogP contribution >= 0.6 is 0 Å². The third-order valence-corrected chi connectivity index (χ3v) is 18.8. The highest BCUT2D eigenvalue weighted by Gasteiger charge is 2.50. The van der Waals surface area contributed by atoms with Crippen molar-refractivity contribution in [3.05, 3.63) is 148 Å². The van der Waals surface area contributed by atoms with Crippen LogP contribution in [0.5, 0.6) is 0 Å². The van der Waals surface area contributed by atoms with E-state index in [4.69, 9.17) is 4.42 Å². The molecule has 0 atom stereocenters. The third kappa shape index (κ3) is 5.26. The van der Waals surface area contributed by atoms with Gasteiger partial charge in [-0.25, -0.2) is 0 Å². The summed E-state index contributed by atoms with van der Waals surface area (Å²) in [6.45, 7) is 31.6. The minimum atomic E-state index is -0.169. The molecule has 0 radical (unpaired) electrons. The van der Waals surface area contributed by atoms with E-state index in [1.807, 2.05) is 0 Å². The second-order valence-electron chi connectivity index (χ2n) is 26.2. The standard InChI is InChI=1S/C65H65BN2O/c1-60(2,3)36-22-24-37(25-23-36)68-51-35-48-46(62(6,7)27-29-64(48,10)11)31-42(51)54-55-39-19-15-17-21-53(39)69-59(55)56-41-30-45-47(63(8,9)28-26-61(45,4)5)34-50(41)67-52-32-40-38-18-14-16-20-43(38)65(12,13)44(40)33-49(52)66(68)57(54)58(56)67/h14-25,30-35H,26-29H2,1-13H3. The van der Waals surface area contributed by atoms with Crippen LogP contribution in [-0.2, 0) is 32.5 Å². The molecule has 0 N–H and O–H groups in total. The van der Waals surface area contributed by atoms with Crippen LogP contribution in [0.15, 0.2) is 114 Å². The number of hydrogen-bond acceptors (Lipinski definition) is 2. The molecule has 2 aromatic heterocycles. The highest BCUT2D eigenvalue weighted by Crippen LogP contribution is 2.58. The van der Waals surface area contributed by atoms with E-state index in [9.17, 15) is 0 Å². The lowest BCUT2D eigenvalue weighted by Crippen LogP contribution is -2.61. The van der Waals surface area contributed by atoms with Gasteiger partial charge in [-0.15, -0.1) is 0 Å². The highest BCUT2D eigenvalue weighted by molar-refractivity contribution is 6.94. The second-order valence-corrected chi connectivity index (χ2v) is 26.2. The molecule has 7 aromatic carbocycles. The minimum absolute atomic E-state index is 0.0240. The van der Waals surface area contributed by atoms with Crippen molar-refractivity contribution in [3.8, 4) is 27.9 Å². The molecule has 9 aromatic rings. The zero-order chi connectivity index (χ0) is 47.9. The number of rotatable bonds is 1. The van der Waals surface area contributed by atoms with Crippen LogP contribution in [-0.4, -0.2) is 11.4 Å². The second kappa shape index (κ2) is 12.9. The normalized spacial score (nSPS) is 19.4. The lowest BCUT2D eigenvalue weighted by Gasteiger charge is -2.46. The summed E-state index contributed by atoms with van der Waals surface area (Å²) in [5.74, 6) is 0. The van der Waals surface area contributed by atoms with E-state index >= 15 is 0 Å². The van der Waals surface area contributed by atoms with Crippen molar-refractivity contribution < 1.29 is 4.42 Å². The summed E-state index contributed by atoms with van der Waals surface area (Å²) in [7, 11) is 0. The molecule has 3 nitrogen and oxygen atoms in total. The first-order valence-electron chi connectivity index (χ1n) is 26.0. The van der Waals surface area contributed by atoms with Gasteiger partial charge in [0, 0.05) is 44.2 Å². The number of nitrogens with zero attached hydrogens (tertiary/aromatic N) is 2. The number of hydrogen-bond donors (Lipinski definition) is 0. The number of benzene rings is 7. The average molecular weight is 901 g/mol. The number of para-hydroxylation sites is 1. The summed E-state index contributed by atoms with van der Waals surface area (Å²) in [6.07, 6.45) is 4.64. The van der Waals surface area contributed by atoms with Crippen LogP contribution in [0.4, 0.5) is 11.4 Å². The van der Waals surface area contributed by atoms with Gasteiger partial charge in [0.2, 0.25) is 0 Å². The largest absolute Gasteiger partial charge is 0.455 e. The summed E-state index contributed by atoms with van der Waals surface area (Å²) in [5, 5.41) is 5.00. The molecule has 69 heavy (non-hydrogen) atoms. The summed E-state index contributed by atoms with van der Waals surface area (Å²) >= 11 is 0. The molecular weight excluding hydrogens is 836 g/mol. The monoisotopic (exact) mass is 901 g/mol. The molecular formula is C65H65BN2O. The van der Waals surface area contributed by atoms with Crippen molar-refractivity contribution in [1.29, 1.82) is 0 Å². The summed E-state index contributed by atoms with van der Waals surface area (Å²) in [6, 6.07) is 43.6. The Kier molecular flexibility index (Phi) is 7.81. The molecule has 3 aliphatic carbocycles. The van der Waals surface area contributed by atoms with Crippen LogP contribution in [0.2, 0.25) is 0 Å². The van der Waals surface area contributed by atoms with E-state index in [-0.39, 0.29) is 39.3 Å². The van der Waals surface area contributed by atoms with Crippen LogP contribution < -0.4 is 15.7 Å². The van der Waals surface area contributed by atoms with Crippen molar-refractivity contribution in [2.75, 3.05) is 4.81 Å². The fraction of sp³-hybridized carbons (Fsp3) is 0.354. The maximum Gasteiger partial charge on any atom is 0.333 e. The van der Waals surface area contributed by atoms with Gasteiger partial charge in [-0.05, 0) is 168 Å². The van der Waals surface area contributed by atoms with Crippen LogP contribution in [0.3, 0.4) is 0 Å². The maximum absolute atomic E-state index is 7.42. The molecule has 0 amide bonds. The molecule has 0 unspecified atom stereocenters. The molecule has 0 bridgehead atoms. The SMILES string of the molecule is CC(C)(C)c1ccc(N2B3c4cc5c(cc4-n4c6cc7c(cc6c6c8oc9ccccc9c8c(c3c64)-c3cc4c(cc32)C(C)(C)CCC4(C)C)C(C)(C)CCC7(C)C)-c2ccccc2C5(C)C)cc1. The number of aromatic nitrogens is 1. The Balaban J connectivity index is 1.24. The van der Waals surface area contributed by atoms with Crippen molar-refractivity contribution in [3.63, 3.8) is 0 Å². The third-order valence-electron chi connectivity index (χ3n) is 18.8. The fourth-order valence-electron chi connectivity index (χ4n) is 14.5. The molecule has 0 spiro atoms. The van der Waals surface area contributed by atoms with E-state index in [1.165, 1.54) is 122 Å². The zero-order valence-corrected chi connectivity index (χ0v) is 43.1. The first kappa shape index (κ1) is 41.9. The predicted molar refractivity (Wildman–Crippen MR) is 294 cm³/mol. The Morgan fingerprint density at radius 1 is 0.522 bits per heavy atom. The van der Waals surface area contributed by atoms with Gasteiger partial charge in [0.05, 0.1) is 16.4 Å². The van der Waals surface area contributed by atoms with Crippen molar-refractivity contribution in [2.24, 2.45) is 0 Å². The molecule has 344 valence electrons. The molecule has 4 heteroatoms. The highest BCUT2D eigenvalue weighted by atomic mass is 16.3. The Morgan fingerprint density at radius 2 is 1.13 bits per heavy atom.